The lowest BCUT2D eigenvalue weighted by Gasteiger charge is -2.25. The molecule has 0 spiro atoms. The summed E-state index contributed by atoms with van der Waals surface area (Å²) in [7, 11) is 2.18. The number of rotatable bonds is 3. The largest absolute Gasteiger partial charge is 0.386 e. The number of aromatic nitrogens is 2. The Morgan fingerprint density at radius 3 is 2.80 bits per heavy atom. The summed E-state index contributed by atoms with van der Waals surface area (Å²) < 4.78 is 2.32. The third-order valence-corrected chi connectivity index (χ3v) is 5.28. The minimum absolute atomic E-state index is 0.547. The third-order valence-electron chi connectivity index (χ3n) is 5.28. The predicted molar refractivity (Wildman–Crippen MR) is 101 cm³/mol. The molecule has 3 heterocycles. The highest BCUT2D eigenvalue weighted by Crippen LogP contribution is 2.32. The molecule has 1 N–H and O–H groups in total. The summed E-state index contributed by atoms with van der Waals surface area (Å²) in [4.78, 5) is 6.69. The van der Waals surface area contributed by atoms with Gasteiger partial charge in [0.2, 0.25) is 0 Å². The van der Waals surface area contributed by atoms with Gasteiger partial charge in [-0.2, -0.15) is 0 Å². The van der Waals surface area contributed by atoms with E-state index in [2.05, 4.69) is 46.6 Å². The van der Waals surface area contributed by atoms with Crippen molar-refractivity contribution in [1.29, 1.82) is 0 Å². The van der Waals surface area contributed by atoms with Crippen LogP contribution < -0.4 is 0 Å². The Bertz CT molecular complexity index is 911. The topological polar surface area (TPSA) is 41.3 Å². The van der Waals surface area contributed by atoms with Crippen LogP contribution in [0.25, 0.3) is 10.9 Å². The highest BCUT2D eigenvalue weighted by molar-refractivity contribution is 5.86. The van der Waals surface area contributed by atoms with Crippen LogP contribution in [0, 0.1) is 13.8 Å². The molecular weight excluding hydrogens is 310 g/mol. The summed E-state index contributed by atoms with van der Waals surface area (Å²) in [6.45, 7) is 6.71. The number of hydrogen-bond donors (Lipinski definition) is 1. The number of fused-ring (bicyclic) bond motifs is 3. The number of hydrogen-bond acceptors (Lipinski definition) is 3. The minimum atomic E-state index is -0.547. The molecule has 4 heteroatoms. The molecule has 130 valence electrons. The van der Waals surface area contributed by atoms with E-state index in [0.29, 0.717) is 6.54 Å². The van der Waals surface area contributed by atoms with E-state index < -0.39 is 6.10 Å². The highest BCUT2D eigenvalue weighted by atomic mass is 16.3. The van der Waals surface area contributed by atoms with Gasteiger partial charge in [0.05, 0.1) is 12.6 Å². The van der Waals surface area contributed by atoms with Crippen LogP contribution in [0.3, 0.4) is 0 Å². The van der Waals surface area contributed by atoms with E-state index in [1.807, 2.05) is 19.1 Å². The lowest BCUT2D eigenvalue weighted by atomic mass is 10.0. The predicted octanol–water partition coefficient (Wildman–Crippen LogP) is 3.37. The summed E-state index contributed by atoms with van der Waals surface area (Å²) in [6, 6.07) is 10.6. The standard InChI is InChI=1S/C21H25N3O/c1-14-4-7-19-17(10-14)18-12-23(3)9-8-20(18)24(19)13-21(25)16-6-5-15(2)22-11-16/h4-7,10-11,21,25H,8-9,12-13H2,1-3H3/t21-/m1/s1. The van der Waals surface area contributed by atoms with E-state index in [9.17, 15) is 5.11 Å². The molecular formula is C21H25N3O. The molecule has 0 fully saturated rings. The van der Waals surface area contributed by atoms with Crippen LogP contribution in [0.15, 0.2) is 36.5 Å². The summed E-state index contributed by atoms with van der Waals surface area (Å²) in [5, 5.41) is 12.1. The van der Waals surface area contributed by atoms with Gasteiger partial charge in [0.1, 0.15) is 0 Å². The molecule has 4 rings (SSSR count). The average Bonchev–Trinajstić information content (AvgIpc) is 2.88. The second-order valence-corrected chi connectivity index (χ2v) is 7.29. The summed E-state index contributed by atoms with van der Waals surface area (Å²) in [6.07, 6.45) is 2.27. The van der Waals surface area contributed by atoms with Crippen molar-refractivity contribution < 1.29 is 5.11 Å². The molecule has 2 aromatic heterocycles. The molecule has 25 heavy (non-hydrogen) atoms. The van der Waals surface area contributed by atoms with Gasteiger partial charge in [0.25, 0.3) is 0 Å². The van der Waals surface area contributed by atoms with E-state index >= 15 is 0 Å². The van der Waals surface area contributed by atoms with Gasteiger partial charge in [0.15, 0.2) is 0 Å². The molecule has 0 saturated carbocycles. The Balaban J connectivity index is 1.77. The molecule has 0 amide bonds. The monoisotopic (exact) mass is 335 g/mol. The van der Waals surface area contributed by atoms with Crippen LogP contribution in [0.2, 0.25) is 0 Å². The van der Waals surface area contributed by atoms with Crippen LogP contribution in [0.5, 0.6) is 0 Å². The van der Waals surface area contributed by atoms with Gasteiger partial charge >= 0.3 is 0 Å². The fraction of sp³-hybridized carbons (Fsp3) is 0.381. The van der Waals surface area contributed by atoms with E-state index in [1.165, 1.54) is 27.7 Å². The van der Waals surface area contributed by atoms with Crippen molar-refractivity contribution in [3.8, 4) is 0 Å². The van der Waals surface area contributed by atoms with Crippen molar-refractivity contribution in [2.75, 3.05) is 13.6 Å². The first-order valence-electron chi connectivity index (χ1n) is 8.92. The Labute approximate surface area is 148 Å². The fourth-order valence-electron chi connectivity index (χ4n) is 3.86. The van der Waals surface area contributed by atoms with Gasteiger partial charge in [-0.15, -0.1) is 0 Å². The van der Waals surface area contributed by atoms with Crippen LogP contribution in [-0.2, 0) is 19.5 Å². The molecule has 1 atom stereocenters. The SMILES string of the molecule is Cc1ccc2c(c1)c1c(n2C[C@@H](O)c2ccc(C)nc2)CCN(C)C1. The molecule has 0 saturated heterocycles. The Morgan fingerprint density at radius 2 is 2.04 bits per heavy atom. The molecule has 0 radical (unpaired) electrons. The first-order valence-corrected chi connectivity index (χ1v) is 8.92. The molecule has 4 nitrogen and oxygen atoms in total. The maximum absolute atomic E-state index is 10.8. The zero-order valence-electron chi connectivity index (χ0n) is 15.2. The van der Waals surface area contributed by atoms with Crippen molar-refractivity contribution in [3.05, 3.63) is 64.6 Å². The summed E-state index contributed by atoms with van der Waals surface area (Å²) in [5.41, 5.74) is 7.15. The first kappa shape index (κ1) is 16.3. The van der Waals surface area contributed by atoms with Gasteiger partial charge in [-0.05, 0) is 44.7 Å². The average molecular weight is 335 g/mol. The van der Waals surface area contributed by atoms with Crippen LogP contribution in [-0.4, -0.2) is 33.1 Å². The quantitative estimate of drug-likeness (QED) is 0.798. The number of pyridine rings is 1. The van der Waals surface area contributed by atoms with Gasteiger partial charge in [-0.3, -0.25) is 4.98 Å². The Kier molecular flexibility index (Phi) is 4.10. The second kappa shape index (κ2) is 6.28. The van der Waals surface area contributed by atoms with Crippen molar-refractivity contribution in [2.45, 2.75) is 39.5 Å². The van der Waals surface area contributed by atoms with Gasteiger partial charge in [-0.1, -0.05) is 17.7 Å². The van der Waals surface area contributed by atoms with Crippen molar-refractivity contribution in [2.24, 2.45) is 0 Å². The van der Waals surface area contributed by atoms with Crippen molar-refractivity contribution >= 4 is 10.9 Å². The number of nitrogens with zero attached hydrogens (tertiary/aromatic N) is 3. The number of benzene rings is 1. The maximum atomic E-state index is 10.8. The lowest BCUT2D eigenvalue weighted by molar-refractivity contribution is 0.155. The van der Waals surface area contributed by atoms with Crippen LogP contribution in [0.1, 0.15) is 34.2 Å². The molecule has 1 aliphatic rings. The smallest absolute Gasteiger partial charge is 0.0983 e. The third kappa shape index (κ3) is 2.96. The number of aryl methyl sites for hydroxylation is 2. The second-order valence-electron chi connectivity index (χ2n) is 7.29. The van der Waals surface area contributed by atoms with Gasteiger partial charge < -0.3 is 14.6 Å². The van der Waals surface area contributed by atoms with Crippen LogP contribution >= 0.6 is 0 Å². The fourth-order valence-corrected chi connectivity index (χ4v) is 3.86. The number of aliphatic hydroxyl groups is 1. The zero-order chi connectivity index (χ0) is 17.6. The molecule has 1 aromatic carbocycles. The maximum Gasteiger partial charge on any atom is 0.0983 e. The molecule has 1 aliphatic heterocycles. The normalized spacial score (nSPS) is 16.2. The molecule has 0 bridgehead atoms. The van der Waals surface area contributed by atoms with Crippen LogP contribution in [0.4, 0.5) is 0 Å². The molecule has 0 unspecified atom stereocenters. The minimum Gasteiger partial charge on any atom is -0.386 e. The first-order chi connectivity index (χ1) is 12.0. The zero-order valence-corrected chi connectivity index (χ0v) is 15.2. The van der Waals surface area contributed by atoms with Gasteiger partial charge in [-0.25, -0.2) is 0 Å². The number of likely N-dealkylation sites (N-methyl/N-ethyl adjacent to an activating group) is 1. The van der Waals surface area contributed by atoms with E-state index in [4.69, 9.17) is 0 Å². The molecule has 0 aliphatic carbocycles. The highest BCUT2D eigenvalue weighted by Gasteiger charge is 2.23. The van der Waals surface area contributed by atoms with E-state index in [1.54, 1.807) is 6.20 Å². The van der Waals surface area contributed by atoms with Crippen molar-refractivity contribution in [1.82, 2.24) is 14.5 Å². The van der Waals surface area contributed by atoms with E-state index in [0.717, 1.165) is 30.8 Å². The molecule has 3 aromatic rings. The van der Waals surface area contributed by atoms with Gasteiger partial charge in [0, 0.05) is 53.6 Å². The number of aliphatic hydroxyl groups excluding tert-OH is 1. The van der Waals surface area contributed by atoms with E-state index in [-0.39, 0.29) is 0 Å². The van der Waals surface area contributed by atoms with Crippen molar-refractivity contribution in [3.63, 3.8) is 0 Å². The lowest BCUT2D eigenvalue weighted by Crippen LogP contribution is -2.27. The Hall–Kier alpha value is -2.17. The summed E-state index contributed by atoms with van der Waals surface area (Å²) in [5.74, 6) is 0. The summed E-state index contributed by atoms with van der Waals surface area (Å²) >= 11 is 0. The Morgan fingerprint density at radius 1 is 1.20 bits per heavy atom.